The molecule has 2 aromatic rings. The third-order valence-corrected chi connectivity index (χ3v) is 2.62. The van der Waals surface area contributed by atoms with Gasteiger partial charge in [0.1, 0.15) is 5.82 Å². The van der Waals surface area contributed by atoms with Crippen LogP contribution in [0.2, 0.25) is 0 Å². The fourth-order valence-electron chi connectivity index (χ4n) is 1.63. The fraction of sp³-hybridized carbons (Fsp3) is 0.308. The third kappa shape index (κ3) is 2.90. The van der Waals surface area contributed by atoms with Crippen LogP contribution in [0.4, 0.5) is 10.6 Å². The summed E-state index contributed by atoms with van der Waals surface area (Å²) in [4.78, 5) is 14.8. The Morgan fingerprint density at radius 1 is 1.32 bits per heavy atom. The van der Waals surface area contributed by atoms with E-state index in [2.05, 4.69) is 15.4 Å². The molecule has 0 fully saturated rings. The Balaban J connectivity index is 2.52. The van der Waals surface area contributed by atoms with Crippen LogP contribution in [0.1, 0.15) is 26.5 Å². The molecule has 0 atom stereocenters. The molecule has 0 unspecified atom stereocenters. The van der Waals surface area contributed by atoms with Gasteiger partial charge < -0.3 is 5.11 Å². The summed E-state index contributed by atoms with van der Waals surface area (Å²) >= 11 is 0. The van der Waals surface area contributed by atoms with E-state index in [0.29, 0.717) is 5.82 Å². The van der Waals surface area contributed by atoms with E-state index in [-0.39, 0.29) is 5.41 Å². The predicted molar refractivity (Wildman–Crippen MR) is 71.7 cm³/mol. The van der Waals surface area contributed by atoms with Gasteiger partial charge in [-0.2, -0.15) is 5.10 Å². The van der Waals surface area contributed by atoms with Gasteiger partial charge in [-0.25, -0.2) is 9.48 Å². The van der Waals surface area contributed by atoms with Crippen molar-refractivity contribution in [1.82, 2.24) is 14.8 Å². The molecular weight excluding hydrogens is 244 g/mol. The lowest BCUT2D eigenvalue weighted by Crippen LogP contribution is -2.13. The lowest BCUT2D eigenvalue weighted by Gasteiger charge is -2.14. The Bertz CT molecular complexity index is 584. The number of aromatic nitrogens is 3. The monoisotopic (exact) mass is 260 g/mol. The minimum atomic E-state index is -1.12. The molecule has 6 heteroatoms. The van der Waals surface area contributed by atoms with Crippen molar-refractivity contribution in [2.45, 2.75) is 26.2 Å². The molecule has 2 N–H and O–H groups in total. The fourth-order valence-corrected chi connectivity index (χ4v) is 1.63. The van der Waals surface area contributed by atoms with Crippen molar-refractivity contribution in [3.05, 3.63) is 36.3 Å². The molecule has 0 aromatic carbocycles. The molecule has 0 bridgehead atoms. The van der Waals surface area contributed by atoms with Gasteiger partial charge in [-0.05, 0) is 12.1 Å². The zero-order valence-electron chi connectivity index (χ0n) is 11.1. The van der Waals surface area contributed by atoms with Crippen LogP contribution in [0.25, 0.3) is 5.69 Å². The van der Waals surface area contributed by atoms with E-state index in [9.17, 15) is 4.79 Å². The molecule has 0 aliphatic rings. The Morgan fingerprint density at radius 3 is 2.47 bits per heavy atom. The lowest BCUT2D eigenvalue weighted by atomic mass is 9.92. The van der Waals surface area contributed by atoms with Crippen molar-refractivity contribution in [1.29, 1.82) is 0 Å². The van der Waals surface area contributed by atoms with Crippen LogP contribution in [0.3, 0.4) is 0 Å². The minimum Gasteiger partial charge on any atom is -0.465 e. The molecule has 100 valence electrons. The molecule has 0 spiro atoms. The number of nitrogens with one attached hydrogen (secondary N) is 1. The van der Waals surface area contributed by atoms with Crippen molar-refractivity contribution in [3.8, 4) is 5.69 Å². The van der Waals surface area contributed by atoms with E-state index >= 15 is 0 Å². The number of pyridine rings is 1. The first-order valence-corrected chi connectivity index (χ1v) is 5.89. The Hall–Kier alpha value is -2.37. The van der Waals surface area contributed by atoms with E-state index in [4.69, 9.17) is 5.11 Å². The molecule has 2 aromatic heterocycles. The van der Waals surface area contributed by atoms with Crippen LogP contribution in [0, 0.1) is 0 Å². The van der Waals surface area contributed by atoms with E-state index in [1.165, 1.54) is 0 Å². The number of hydrogen-bond acceptors (Lipinski definition) is 3. The average Bonchev–Trinajstić information content (AvgIpc) is 2.73. The number of carbonyl (C=O) groups is 1. The first kappa shape index (κ1) is 13.1. The third-order valence-electron chi connectivity index (χ3n) is 2.62. The van der Waals surface area contributed by atoms with E-state index in [1.807, 2.05) is 20.8 Å². The number of anilines is 1. The number of carboxylic acid groups (broad SMARTS) is 1. The van der Waals surface area contributed by atoms with Crippen LogP contribution >= 0.6 is 0 Å². The molecule has 0 aliphatic carbocycles. The number of nitrogens with zero attached hydrogens (tertiary/aromatic N) is 3. The topological polar surface area (TPSA) is 80.0 Å². The van der Waals surface area contributed by atoms with Gasteiger partial charge in [0.25, 0.3) is 0 Å². The van der Waals surface area contributed by atoms with Gasteiger partial charge in [-0.1, -0.05) is 20.8 Å². The Morgan fingerprint density at radius 2 is 1.95 bits per heavy atom. The molecule has 2 rings (SSSR count). The maximum absolute atomic E-state index is 10.8. The highest BCUT2D eigenvalue weighted by molar-refractivity contribution is 5.82. The van der Waals surface area contributed by atoms with Gasteiger partial charge in [0.2, 0.25) is 0 Å². The summed E-state index contributed by atoms with van der Waals surface area (Å²) in [5.74, 6) is 0.420. The number of amides is 1. The van der Waals surface area contributed by atoms with Gasteiger partial charge in [0, 0.05) is 23.9 Å². The quantitative estimate of drug-likeness (QED) is 0.869. The highest BCUT2D eigenvalue weighted by atomic mass is 16.4. The summed E-state index contributed by atoms with van der Waals surface area (Å²) in [5.41, 5.74) is 1.41. The van der Waals surface area contributed by atoms with Crippen molar-refractivity contribution >= 4 is 11.9 Å². The molecule has 6 nitrogen and oxygen atoms in total. The average molecular weight is 260 g/mol. The Labute approximate surface area is 111 Å². The molecule has 0 saturated carbocycles. The summed E-state index contributed by atoms with van der Waals surface area (Å²) in [5, 5.41) is 15.7. The van der Waals surface area contributed by atoms with Gasteiger partial charge in [0.05, 0.1) is 11.4 Å². The second-order valence-electron chi connectivity index (χ2n) is 5.21. The second kappa shape index (κ2) is 4.72. The van der Waals surface area contributed by atoms with Crippen LogP contribution in [0.15, 0.2) is 30.6 Å². The summed E-state index contributed by atoms with van der Waals surface area (Å²) in [7, 11) is 0. The number of rotatable bonds is 2. The molecule has 2 heterocycles. The first-order valence-electron chi connectivity index (χ1n) is 5.89. The molecule has 0 saturated heterocycles. The van der Waals surface area contributed by atoms with E-state index in [1.54, 1.807) is 35.3 Å². The molecule has 1 amide bonds. The van der Waals surface area contributed by atoms with Crippen LogP contribution < -0.4 is 5.32 Å². The van der Waals surface area contributed by atoms with Crippen LogP contribution in [-0.2, 0) is 5.41 Å². The maximum atomic E-state index is 10.8. The molecular formula is C13H16N4O2. The highest BCUT2D eigenvalue weighted by Gasteiger charge is 2.21. The van der Waals surface area contributed by atoms with Crippen LogP contribution in [-0.4, -0.2) is 26.0 Å². The summed E-state index contributed by atoms with van der Waals surface area (Å²) in [6.07, 6.45) is 2.16. The van der Waals surface area contributed by atoms with Gasteiger partial charge >= 0.3 is 6.09 Å². The normalized spacial score (nSPS) is 11.3. The predicted octanol–water partition coefficient (Wildman–Crippen LogP) is 2.65. The van der Waals surface area contributed by atoms with Crippen molar-refractivity contribution < 1.29 is 9.90 Å². The van der Waals surface area contributed by atoms with E-state index in [0.717, 1.165) is 11.4 Å². The first-order chi connectivity index (χ1) is 8.88. The summed E-state index contributed by atoms with van der Waals surface area (Å²) in [6.45, 7) is 6.07. The van der Waals surface area contributed by atoms with Gasteiger partial charge in [0.15, 0.2) is 0 Å². The van der Waals surface area contributed by atoms with Crippen molar-refractivity contribution in [3.63, 3.8) is 0 Å². The minimum absolute atomic E-state index is 0.160. The maximum Gasteiger partial charge on any atom is 0.410 e. The highest BCUT2D eigenvalue weighted by Crippen LogP contribution is 2.25. The largest absolute Gasteiger partial charge is 0.465 e. The second-order valence-corrected chi connectivity index (χ2v) is 5.21. The summed E-state index contributed by atoms with van der Waals surface area (Å²) in [6, 6.07) is 5.29. The Kier molecular flexibility index (Phi) is 3.25. The zero-order chi connectivity index (χ0) is 14.0. The molecule has 0 aliphatic heterocycles. The standard InChI is InChI=1S/C13H16N4O2/c1-13(2,3)10-8-11(15-12(18)19)17(16-10)9-4-6-14-7-5-9/h4-8,15H,1-3H3,(H,18,19). The summed E-state index contributed by atoms with van der Waals surface area (Å²) < 4.78 is 1.57. The zero-order valence-corrected chi connectivity index (χ0v) is 11.1. The molecule has 19 heavy (non-hydrogen) atoms. The number of hydrogen-bond donors (Lipinski definition) is 2. The van der Waals surface area contributed by atoms with Crippen LogP contribution in [0.5, 0.6) is 0 Å². The van der Waals surface area contributed by atoms with E-state index < -0.39 is 6.09 Å². The van der Waals surface area contributed by atoms with Crippen molar-refractivity contribution in [2.75, 3.05) is 5.32 Å². The lowest BCUT2D eigenvalue weighted by molar-refractivity contribution is 0.209. The van der Waals surface area contributed by atoms with Crippen molar-refractivity contribution in [2.24, 2.45) is 0 Å². The SMILES string of the molecule is CC(C)(C)c1cc(NC(=O)O)n(-c2ccncc2)n1. The molecule has 0 radical (unpaired) electrons. The van der Waals surface area contributed by atoms with Gasteiger partial charge in [-0.3, -0.25) is 10.3 Å². The smallest absolute Gasteiger partial charge is 0.410 e. The van der Waals surface area contributed by atoms with Gasteiger partial charge in [-0.15, -0.1) is 0 Å².